The van der Waals surface area contributed by atoms with Crippen molar-refractivity contribution < 1.29 is 14.1 Å². The van der Waals surface area contributed by atoms with E-state index in [1.165, 1.54) is 0 Å². The maximum Gasteiger partial charge on any atom is 0.280 e. The van der Waals surface area contributed by atoms with E-state index >= 15 is 0 Å². The molecule has 29 heavy (non-hydrogen) atoms. The molecule has 0 spiro atoms. The number of ether oxygens (including phenoxy) is 1. The van der Waals surface area contributed by atoms with Crippen LogP contribution < -0.4 is 4.74 Å². The standard InChI is InChI=1S/C20H22N6O3/c1-13-3-2-4-16(9-13)28-12-18(27)25-8-7-15(10-25)26-11-17(22-24-26)20-21-19(23-29-20)14-5-6-14/h2-4,9,11,14-15H,5-8,10,12H2,1H3/t15-/m0/s1. The lowest BCUT2D eigenvalue weighted by atomic mass is 10.2. The average Bonchev–Trinajstić information content (AvgIpc) is 3.16. The van der Waals surface area contributed by atoms with Crippen LogP contribution in [0, 0.1) is 6.92 Å². The molecule has 1 amide bonds. The van der Waals surface area contributed by atoms with E-state index in [9.17, 15) is 4.79 Å². The second kappa shape index (κ2) is 7.31. The summed E-state index contributed by atoms with van der Waals surface area (Å²) in [7, 11) is 0. The third-order valence-corrected chi connectivity index (χ3v) is 5.36. The molecule has 2 fully saturated rings. The summed E-state index contributed by atoms with van der Waals surface area (Å²) in [5, 5.41) is 12.4. The fourth-order valence-electron chi connectivity index (χ4n) is 3.53. The van der Waals surface area contributed by atoms with Crippen LogP contribution in [0.25, 0.3) is 11.6 Å². The zero-order chi connectivity index (χ0) is 19.8. The number of hydrogen-bond donors (Lipinski definition) is 0. The first-order chi connectivity index (χ1) is 14.2. The van der Waals surface area contributed by atoms with E-state index in [0.717, 1.165) is 30.7 Å². The first kappa shape index (κ1) is 17.8. The minimum absolute atomic E-state index is 0.0275. The Morgan fingerprint density at radius 3 is 3.03 bits per heavy atom. The van der Waals surface area contributed by atoms with Crippen LogP contribution in [0.15, 0.2) is 35.0 Å². The Morgan fingerprint density at radius 2 is 2.21 bits per heavy atom. The Labute approximate surface area is 167 Å². The number of aryl methyl sites for hydroxylation is 1. The molecule has 0 bridgehead atoms. The van der Waals surface area contributed by atoms with Crippen molar-refractivity contribution in [1.29, 1.82) is 0 Å². The first-order valence-corrected chi connectivity index (χ1v) is 9.89. The predicted molar refractivity (Wildman–Crippen MR) is 102 cm³/mol. The molecule has 1 aliphatic heterocycles. The van der Waals surface area contributed by atoms with E-state index < -0.39 is 0 Å². The van der Waals surface area contributed by atoms with Crippen molar-refractivity contribution in [2.45, 2.75) is 38.1 Å². The second-order valence-electron chi connectivity index (χ2n) is 7.70. The Kier molecular flexibility index (Phi) is 4.49. The third-order valence-electron chi connectivity index (χ3n) is 5.36. The minimum atomic E-state index is -0.0275. The van der Waals surface area contributed by atoms with Crippen LogP contribution in [0.2, 0.25) is 0 Å². The van der Waals surface area contributed by atoms with Gasteiger partial charge in [0.15, 0.2) is 18.1 Å². The summed E-state index contributed by atoms with van der Waals surface area (Å²) in [6.07, 6.45) is 4.86. The van der Waals surface area contributed by atoms with Crippen molar-refractivity contribution in [1.82, 2.24) is 30.0 Å². The lowest BCUT2D eigenvalue weighted by Gasteiger charge is -2.17. The van der Waals surface area contributed by atoms with Crippen molar-refractivity contribution >= 4 is 5.91 Å². The summed E-state index contributed by atoms with van der Waals surface area (Å²) in [5.74, 6) is 2.26. The highest BCUT2D eigenvalue weighted by molar-refractivity contribution is 5.78. The molecule has 5 rings (SSSR count). The van der Waals surface area contributed by atoms with Gasteiger partial charge in [0.1, 0.15) is 5.75 Å². The summed E-state index contributed by atoms with van der Waals surface area (Å²) >= 11 is 0. The number of rotatable bonds is 6. The maximum atomic E-state index is 12.5. The third kappa shape index (κ3) is 3.85. The van der Waals surface area contributed by atoms with Gasteiger partial charge in [-0.3, -0.25) is 4.79 Å². The van der Waals surface area contributed by atoms with Gasteiger partial charge in [0, 0.05) is 19.0 Å². The first-order valence-electron chi connectivity index (χ1n) is 9.89. The van der Waals surface area contributed by atoms with Crippen LogP contribution >= 0.6 is 0 Å². The van der Waals surface area contributed by atoms with Gasteiger partial charge in [0.25, 0.3) is 11.8 Å². The molecule has 1 saturated carbocycles. The summed E-state index contributed by atoms with van der Waals surface area (Å²) in [4.78, 5) is 18.7. The zero-order valence-corrected chi connectivity index (χ0v) is 16.2. The fraction of sp³-hybridized carbons (Fsp3) is 0.450. The van der Waals surface area contributed by atoms with E-state index in [1.807, 2.05) is 37.4 Å². The van der Waals surface area contributed by atoms with Gasteiger partial charge in [-0.15, -0.1) is 5.10 Å². The van der Waals surface area contributed by atoms with Crippen molar-refractivity contribution in [3.63, 3.8) is 0 Å². The van der Waals surface area contributed by atoms with Crippen LogP contribution in [0.5, 0.6) is 5.75 Å². The Balaban J connectivity index is 1.18. The molecule has 2 aliphatic rings. The molecule has 0 N–H and O–H groups in total. The van der Waals surface area contributed by atoms with Gasteiger partial charge in [-0.25, -0.2) is 4.68 Å². The van der Waals surface area contributed by atoms with Gasteiger partial charge in [-0.05, 0) is 43.9 Å². The number of aromatic nitrogens is 5. The van der Waals surface area contributed by atoms with Gasteiger partial charge in [-0.2, -0.15) is 4.98 Å². The molecular weight excluding hydrogens is 372 g/mol. The van der Waals surface area contributed by atoms with Gasteiger partial charge in [-0.1, -0.05) is 22.5 Å². The highest BCUT2D eigenvalue weighted by atomic mass is 16.5. The molecule has 3 aromatic rings. The van der Waals surface area contributed by atoms with E-state index in [2.05, 4.69) is 20.5 Å². The topological polar surface area (TPSA) is 99.2 Å². The van der Waals surface area contributed by atoms with E-state index in [0.29, 0.717) is 36.3 Å². The number of carbonyl (C=O) groups excluding carboxylic acids is 1. The number of amides is 1. The largest absolute Gasteiger partial charge is 0.484 e. The highest BCUT2D eigenvalue weighted by Crippen LogP contribution is 2.38. The maximum absolute atomic E-state index is 12.5. The molecule has 0 unspecified atom stereocenters. The van der Waals surface area contributed by atoms with Crippen molar-refractivity contribution in [3.8, 4) is 17.3 Å². The van der Waals surface area contributed by atoms with Gasteiger partial charge < -0.3 is 14.2 Å². The monoisotopic (exact) mass is 394 g/mol. The average molecular weight is 394 g/mol. The van der Waals surface area contributed by atoms with Crippen LogP contribution in [0.4, 0.5) is 0 Å². The minimum Gasteiger partial charge on any atom is -0.484 e. The Hall–Kier alpha value is -3.23. The molecule has 9 heteroatoms. The molecule has 1 atom stereocenters. The normalized spacial score (nSPS) is 18.9. The number of nitrogens with zero attached hydrogens (tertiary/aromatic N) is 6. The van der Waals surface area contributed by atoms with Crippen LogP contribution in [0.1, 0.15) is 42.6 Å². The molecule has 3 heterocycles. The van der Waals surface area contributed by atoms with Crippen molar-refractivity contribution in [3.05, 3.63) is 41.9 Å². The summed E-state index contributed by atoms with van der Waals surface area (Å²) in [5.41, 5.74) is 1.67. The lowest BCUT2D eigenvalue weighted by Crippen LogP contribution is -2.33. The van der Waals surface area contributed by atoms with E-state index in [1.54, 1.807) is 9.58 Å². The number of benzene rings is 1. The zero-order valence-electron chi connectivity index (χ0n) is 16.2. The molecule has 0 radical (unpaired) electrons. The number of likely N-dealkylation sites (tertiary alicyclic amines) is 1. The molecule has 1 aliphatic carbocycles. The van der Waals surface area contributed by atoms with Gasteiger partial charge >= 0.3 is 0 Å². The summed E-state index contributed by atoms with van der Waals surface area (Å²) < 4.78 is 12.7. The van der Waals surface area contributed by atoms with Gasteiger partial charge in [0.2, 0.25) is 0 Å². The van der Waals surface area contributed by atoms with Gasteiger partial charge in [0.05, 0.1) is 12.2 Å². The number of carbonyl (C=O) groups is 1. The van der Waals surface area contributed by atoms with Crippen LogP contribution in [0.3, 0.4) is 0 Å². The quantitative estimate of drug-likeness (QED) is 0.633. The van der Waals surface area contributed by atoms with Crippen LogP contribution in [-0.4, -0.2) is 55.6 Å². The SMILES string of the molecule is Cc1cccc(OCC(=O)N2CC[C@H](n3cc(-c4nc(C5CC5)no4)nn3)C2)c1. The molecule has 9 nitrogen and oxygen atoms in total. The smallest absolute Gasteiger partial charge is 0.280 e. The lowest BCUT2D eigenvalue weighted by molar-refractivity contribution is -0.132. The molecule has 1 aromatic carbocycles. The molecular formula is C20H22N6O3. The Bertz CT molecular complexity index is 1020. The summed E-state index contributed by atoms with van der Waals surface area (Å²) in [6, 6.07) is 7.76. The second-order valence-corrected chi connectivity index (χ2v) is 7.70. The number of hydrogen-bond acceptors (Lipinski definition) is 7. The van der Waals surface area contributed by atoms with Crippen molar-refractivity contribution in [2.75, 3.05) is 19.7 Å². The Morgan fingerprint density at radius 1 is 1.31 bits per heavy atom. The molecule has 150 valence electrons. The van der Waals surface area contributed by atoms with Crippen molar-refractivity contribution in [2.24, 2.45) is 0 Å². The van der Waals surface area contributed by atoms with E-state index in [-0.39, 0.29) is 18.6 Å². The highest BCUT2D eigenvalue weighted by Gasteiger charge is 2.31. The van der Waals surface area contributed by atoms with Crippen LogP contribution in [-0.2, 0) is 4.79 Å². The molecule has 2 aromatic heterocycles. The molecule has 1 saturated heterocycles. The van der Waals surface area contributed by atoms with E-state index in [4.69, 9.17) is 9.26 Å². The predicted octanol–water partition coefficient (Wildman–Crippen LogP) is 2.37. The summed E-state index contributed by atoms with van der Waals surface area (Å²) in [6.45, 7) is 3.27. The fourth-order valence-corrected chi connectivity index (χ4v) is 3.53.